The summed E-state index contributed by atoms with van der Waals surface area (Å²) in [7, 11) is 0. The lowest BCUT2D eigenvalue weighted by atomic mass is 10.3. The molecular weight excluding hydrogens is 330 g/mol. The van der Waals surface area contributed by atoms with Crippen molar-refractivity contribution in [3.63, 3.8) is 0 Å². The third kappa shape index (κ3) is 4.62. The standard InChI is InChI=1S/C12H12BrN3O2S/c13-8-2-1-3-9(4-8)15-11(17)6-14-5-10-7-19-12(18)16-10/h1-4,7,14H,5-6H2,(H,15,17)(H,16,18). The Balaban J connectivity index is 1.77. The summed E-state index contributed by atoms with van der Waals surface area (Å²) in [5.74, 6) is -0.129. The number of aromatic amines is 1. The zero-order chi connectivity index (χ0) is 13.7. The number of nitrogens with one attached hydrogen (secondary N) is 3. The van der Waals surface area contributed by atoms with Crippen molar-refractivity contribution in [2.75, 3.05) is 11.9 Å². The maximum atomic E-state index is 11.7. The lowest BCUT2D eigenvalue weighted by Crippen LogP contribution is -2.27. The molecule has 0 aliphatic rings. The van der Waals surface area contributed by atoms with Gasteiger partial charge in [0, 0.05) is 27.8 Å². The van der Waals surface area contributed by atoms with E-state index in [1.165, 1.54) is 0 Å². The maximum absolute atomic E-state index is 11.7. The molecule has 19 heavy (non-hydrogen) atoms. The van der Waals surface area contributed by atoms with Crippen LogP contribution in [0.2, 0.25) is 0 Å². The first-order valence-electron chi connectivity index (χ1n) is 5.56. The highest BCUT2D eigenvalue weighted by molar-refractivity contribution is 9.10. The van der Waals surface area contributed by atoms with Gasteiger partial charge in [-0.25, -0.2) is 0 Å². The van der Waals surface area contributed by atoms with E-state index < -0.39 is 0 Å². The smallest absolute Gasteiger partial charge is 0.304 e. The van der Waals surface area contributed by atoms with Crippen LogP contribution in [0.15, 0.2) is 38.9 Å². The van der Waals surface area contributed by atoms with Crippen LogP contribution >= 0.6 is 27.3 Å². The second-order valence-electron chi connectivity index (χ2n) is 3.84. The molecule has 0 unspecified atom stereocenters. The van der Waals surface area contributed by atoms with E-state index in [0.29, 0.717) is 6.54 Å². The molecule has 1 aromatic carbocycles. The van der Waals surface area contributed by atoms with Gasteiger partial charge in [-0.05, 0) is 18.2 Å². The van der Waals surface area contributed by atoms with Gasteiger partial charge in [0.25, 0.3) is 0 Å². The van der Waals surface area contributed by atoms with Crippen LogP contribution in [0.4, 0.5) is 5.69 Å². The first-order valence-corrected chi connectivity index (χ1v) is 7.23. The fraction of sp³-hybridized carbons (Fsp3) is 0.167. The van der Waals surface area contributed by atoms with Crippen molar-refractivity contribution in [1.29, 1.82) is 0 Å². The zero-order valence-corrected chi connectivity index (χ0v) is 12.3. The van der Waals surface area contributed by atoms with Crippen LogP contribution in [-0.2, 0) is 11.3 Å². The van der Waals surface area contributed by atoms with Crippen molar-refractivity contribution in [2.24, 2.45) is 0 Å². The number of carbonyl (C=O) groups excluding carboxylic acids is 1. The number of halogens is 1. The van der Waals surface area contributed by atoms with E-state index in [9.17, 15) is 9.59 Å². The largest absolute Gasteiger partial charge is 0.325 e. The molecule has 2 rings (SSSR count). The zero-order valence-electron chi connectivity index (χ0n) is 9.90. The number of rotatable bonds is 5. The topological polar surface area (TPSA) is 74.0 Å². The van der Waals surface area contributed by atoms with E-state index >= 15 is 0 Å². The van der Waals surface area contributed by atoms with E-state index in [2.05, 4.69) is 31.5 Å². The van der Waals surface area contributed by atoms with Crippen LogP contribution in [0.1, 0.15) is 5.69 Å². The van der Waals surface area contributed by atoms with Crippen molar-refractivity contribution >= 4 is 38.9 Å². The van der Waals surface area contributed by atoms with Crippen LogP contribution < -0.4 is 15.5 Å². The number of hydrogen-bond acceptors (Lipinski definition) is 4. The Kier molecular flexibility index (Phi) is 4.89. The minimum Gasteiger partial charge on any atom is -0.325 e. The highest BCUT2D eigenvalue weighted by Gasteiger charge is 2.03. The van der Waals surface area contributed by atoms with E-state index in [1.807, 2.05) is 24.3 Å². The molecule has 0 bridgehead atoms. The maximum Gasteiger partial charge on any atom is 0.304 e. The van der Waals surface area contributed by atoms with Crippen molar-refractivity contribution < 1.29 is 4.79 Å². The quantitative estimate of drug-likeness (QED) is 0.777. The first kappa shape index (κ1) is 14.0. The number of anilines is 1. The normalized spacial score (nSPS) is 10.4. The molecule has 0 aliphatic heterocycles. The van der Waals surface area contributed by atoms with Crippen molar-refractivity contribution in [3.8, 4) is 0 Å². The van der Waals surface area contributed by atoms with Gasteiger partial charge in [0.1, 0.15) is 0 Å². The molecule has 3 N–H and O–H groups in total. The van der Waals surface area contributed by atoms with E-state index in [1.54, 1.807) is 5.38 Å². The predicted octanol–water partition coefficient (Wildman–Crippen LogP) is 1.93. The molecule has 0 saturated heterocycles. The average molecular weight is 342 g/mol. The molecule has 0 saturated carbocycles. The fourth-order valence-electron chi connectivity index (χ4n) is 1.48. The third-order valence-corrected chi connectivity index (χ3v) is 3.49. The number of H-pyrrole nitrogens is 1. The lowest BCUT2D eigenvalue weighted by Gasteiger charge is -2.06. The summed E-state index contributed by atoms with van der Waals surface area (Å²) in [6.45, 7) is 0.648. The van der Waals surface area contributed by atoms with Gasteiger partial charge in [0.05, 0.1) is 6.54 Å². The summed E-state index contributed by atoms with van der Waals surface area (Å²) in [5, 5.41) is 7.47. The van der Waals surface area contributed by atoms with E-state index in [-0.39, 0.29) is 17.3 Å². The number of hydrogen-bond donors (Lipinski definition) is 3. The molecule has 100 valence electrons. The summed E-state index contributed by atoms with van der Waals surface area (Å²) >= 11 is 4.45. The second kappa shape index (κ2) is 6.65. The van der Waals surface area contributed by atoms with Crippen LogP contribution in [0.5, 0.6) is 0 Å². The number of aromatic nitrogens is 1. The molecule has 0 spiro atoms. The molecule has 1 aromatic heterocycles. The first-order chi connectivity index (χ1) is 9.13. The summed E-state index contributed by atoms with van der Waals surface area (Å²) in [5.41, 5.74) is 1.52. The molecule has 0 radical (unpaired) electrons. The summed E-state index contributed by atoms with van der Waals surface area (Å²) in [6.07, 6.45) is 0. The van der Waals surface area contributed by atoms with E-state index in [0.717, 1.165) is 27.2 Å². The molecule has 7 heteroatoms. The summed E-state index contributed by atoms with van der Waals surface area (Å²) < 4.78 is 0.911. The number of benzene rings is 1. The van der Waals surface area contributed by atoms with Crippen molar-refractivity contribution in [2.45, 2.75) is 6.54 Å². The van der Waals surface area contributed by atoms with Gasteiger partial charge < -0.3 is 15.6 Å². The predicted molar refractivity (Wildman–Crippen MR) is 79.4 cm³/mol. The Morgan fingerprint density at radius 3 is 2.95 bits per heavy atom. The lowest BCUT2D eigenvalue weighted by molar-refractivity contribution is -0.115. The highest BCUT2D eigenvalue weighted by Crippen LogP contribution is 2.15. The monoisotopic (exact) mass is 341 g/mol. The van der Waals surface area contributed by atoms with Crippen LogP contribution in [-0.4, -0.2) is 17.4 Å². The highest BCUT2D eigenvalue weighted by atomic mass is 79.9. The Bertz CT molecular complexity index is 623. The molecule has 1 heterocycles. The Morgan fingerprint density at radius 1 is 1.42 bits per heavy atom. The molecule has 0 fully saturated rings. The average Bonchev–Trinajstić information content (AvgIpc) is 2.75. The Labute approximate surface area is 122 Å². The minimum absolute atomic E-state index is 0.0876. The van der Waals surface area contributed by atoms with Gasteiger partial charge in [-0.3, -0.25) is 9.59 Å². The second-order valence-corrected chi connectivity index (χ2v) is 5.59. The molecule has 1 amide bonds. The van der Waals surface area contributed by atoms with Crippen LogP contribution in [0, 0.1) is 0 Å². The van der Waals surface area contributed by atoms with Crippen molar-refractivity contribution in [3.05, 3.63) is 49.5 Å². The SMILES string of the molecule is O=C(CNCc1csc(=O)[nH]1)Nc1cccc(Br)c1. The van der Waals surface area contributed by atoms with Gasteiger partial charge >= 0.3 is 4.87 Å². The van der Waals surface area contributed by atoms with Gasteiger partial charge in [-0.1, -0.05) is 33.3 Å². The van der Waals surface area contributed by atoms with Gasteiger partial charge in [0.15, 0.2) is 0 Å². The van der Waals surface area contributed by atoms with Crippen molar-refractivity contribution in [1.82, 2.24) is 10.3 Å². The summed E-state index contributed by atoms with van der Waals surface area (Å²) in [4.78, 5) is 25.2. The van der Waals surface area contributed by atoms with Crippen LogP contribution in [0.3, 0.4) is 0 Å². The van der Waals surface area contributed by atoms with Gasteiger partial charge in [-0.15, -0.1) is 0 Å². The molecule has 0 aliphatic carbocycles. The Morgan fingerprint density at radius 2 is 2.26 bits per heavy atom. The number of thiazole rings is 1. The minimum atomic E-state index is -0.129. The molecule has 5 nitrogen and oxygen atoms in total. The molecular formula is C12H12BrN3O2S. The van der Waals surface area contributed by atoms with E-state index in [4.69, 9.17) is 0 Å². The third-order valence-electron chi connectivity index (χ3n) is 2.28. The summed E-state index contributed by atoms with van der Waals surface area (Å²) in [6, 6.07) is 7.39. The molecule has 2 aromatic rings. The van der Waals surface area contributed by atoms with Gasteiger partial charge in [-0.2, -0.15) is 0 Å². The fourth-order valence-corrected chi connectivity index (χ4v) is 2.46. The molecule has 0 atom stereocenters. The number of carbonyl (C=O) groups is 1. The van der Waals surface area contributed by atoms with Gasteiger partial charge in [0.2, 0.25) is 5.91 Å². The number of amides is 1. The Hall–Kier alpha value is -1.44. The van der Waals surface area contributed by atoms with Crippen LogP contribution in [0.25, 0.3) is 0 Å².